The van der Waals surface area contributed by atoms with E-state index in [4.69, 9.17) is 4.74 Å². The Labute approximate surface area is 131 Å². The number of nitrogens with one attached hydrogen (secondary N) is 2. The van der Waals surface area contributed by atoms with E-state index in [-0.39, 0.29) is 6.03 Å². The molecule has 7 heteroatoms. The van der Waals surface area contributed by atoms with Gasteiger partial charge in [0.1, 0.15) is 0 Å². The summed E-state index contributed by atoms with van der Waals surface area (Å²) in [6, 6.07) is 7.63. The van der Waals surface area contributed by atoms with E-state index in [0.29, 0.717) is 11.7 Å². The number of benzene rings is 1. The van der Waals surface area contributed by atoms with Gasteiger partial charge in [0.15, 0.2) is 5.13 Å². The summed E-state index contributed by atoms with van der Waals surface area (Å²) in [5.41, 5.74) is 1.82. The maximum atomic E-state index is 12.1. The number of rotatable bonds is 5. The molecule has 0 spiro atoms. The fourth-order valence-corrected chi connectivity index (χ4v) is 2.78. The van der Waals surface area contributed by atoms with Crippen LogP contribution in [0.5, 0.6) is 0 Å². The fourth-order valence-electron chi connectivity index (χ4n) is 2.26. The Kier molecular flexibility index (Phi) is 4.36. The minimum Gasteiger partial charge on any atom is -0.383 e. The molecule has 0 saturated heterocycles. The molecule has 2 aromatic heterocycles. The molecule has 114 valence electrons. The molecule has 3 rings (SSSR count). The molecule has 0 aliphatic carbocycles. The van der Waals surface area contributed by atoms with Crippen LogP contribution in [0.1, 0.15) is 0 Å². The molecule has 2 N–H and O–H groups in total. The van der Waals surface area contributed by atoms with Gasteiger partial charge in [-0.1, -0.05) is 18.2 Å². The summed E-state index contributed by atoms with van der Waals surface area (Å²) in [5.74, 6) is 0. The number of thiazole rings is 1. The lowest BCUT2D eigenvalue weighted by molar-refractivity contribution is 0.188. The van der Waals surface area contributed by atoms with Gasteiger partial charge in [-0.15, -0.1) is 11.3 Å². The molecule has 0 saturated carbocycles. The molecular formula is C15H16N4O2S. The second-order valence-corrected chi connectivity index (χ2v) is 5.56. The van der Waals surface area contributed by atoms with Crippen LogP contribution < -0.4 is 10.6 Å². The lowest BCUT2D eigenvalue weighted by Crippen LogP contribution is -2.19. The number of hydrogen-bond acceptors (Lipinski definition) is 4. The fraction of sp³-hybridized carbons (Fsp3) is 0.200. The Bertz CT molecular complexity index is 767. The molecule has 1 aromatic carbocycles. The summed E-state index contributed by atoms with van der Waals surface area (Å²) in [6.07, 6.45) is 3.57. The zero-order valence-corrected chi connectivity index (χ0v) is 12.9. The van der Waals surface area contributed by atoms with Gasteiger partial charge in [0.2, 0.25) is 0 Å². The molecular weight excluding hydrogens is 300 g/mol. The number of nitrogens with zero attached hydrogens (tertiary/aromatic N) is 2. The van der Waals surface area contributed by atoms with Gasteiger partial charge < -0.3 is 14.6 Å². The Morgan fingerprint density at radius 1 is 1.36 bits per heavy atom. The highest BCUT2D eigenvalue weighted by molar-refractivity contribution is 7.13. The molecule has 6 nitrogen and oxygen atoms in total. The Hall–Kier alpha value is -2.38. The second-order valence-electron chi connectivity index (χ2n) is 4.66. The number of methoxy groups -OCH3 is 1. The number of amides is 2. The summed E-state index contributed by atoms with van der Waals surface area (Å²) in [5, 5.41) is 8.96. The van der Waals surface area contributed by atoms with E-state index < -0.39 is 0 Å². The minimum absolute atomic E-state index is 0.301. The number of anilines is 2. The average Bonchev–Trinajstić information content (AvgIpc) is 3.14. The standard InChI is InChI=1S/C15H16N4O2S/c1-21-8-7-19-10-12(11-4-2-3-5-13(11)19)17-14(20)18-15-16-6-9-22-15/h2-6,9-10H,7-8H2,1H3,(H2,16,17,18,20). The third-order valence-electron chi connectivity index (χ3n) is 3.23. The smallest absolute Gasteiger partial charge is 0.325 e. The van der Waals surface area contributed by atoms with Crippen LogP contribution >= 0.6 is 11.3 Å². The van der Waals surface area contributed by atoms with Crippen molar-refractivity contribution in [2.75, 3.05) is 24.4 Å². The van der Waals surface area contributed by atoms with E-state index in [1.54, 1.807) is 13.3 Å². The Balaban J connectivity index is 1.82. The maximum Gasteiger partial charge on any atom is 0.325 e. The van der Waals surface area contributed by atoms with E-state index in [1.165, 1.54) is 11.3 Å². The van der Waals surface area contributed by atoms with Crippen molar-refractivity contribution in [1.29, 1.82) is 0 Å². The number of carbonyl (C=O) groups is 1. The van der Waals surface area contributed by atoms with Crippen molar-refractivity contribution in [2.24, 2.45) is 0 Å². The van der Waals surface area contributed by atoms with Crippen molar-refractivity contribution >= 4 is 39.1 Å². The molecule has 3 aromatic rings. The van der Waals surface area contributed by atoms with E-state index >= 15 is 0 Å². The zero-order valence-electron chi connectivity index (χ0n) is 12.1. The van der Waals surface area contributed by atoms with Crippen molar-refractivity contribution in [3.05, 3.63) is 42.0 Å². The third-order valence-corrected chi connectivity index (χ3v) is 3.91. The molecule has 0 aliphatic heterocycles. The monoisotopic (exact) mass is 316 g/mol. The molecule has 0 bridgehead atoms. The lowest BCUT2D eigenvalue weighted by Gasteiger charge is -2.03. The first kappa shape index (κ1) is 14.6. The van der Waals surface area contributed by atoms with Crippen LogP contribution in [0.25, 0.3) is 10.9 Å². The topological polar surface area (TPSA) is 68.2 Å². The molecule has 2 amide bonds. The van der Waals surface area contributed by atoms with Gasteiger partial charge in [-0.25, -0.2) is 9.78 Å². The van der Waals surface area contributed by atoms with Crippen LogP contribution in [0.2, 0.25) is 0 Å². The van der Waals surface area contributed by atoms with Crippen LogP contribution in [-0.4, -0.2) is 29.3 Å². The van der Waals surface area contributed by atoms with Crippen molar-refractivity contribution in [3.8, 4) is 0 Å². The normalized spacial score (nSPS) is 10.8. The number of para-hydroxylation sites is 1. The minimum atomic E-state index is -0.301. The van der Waals surface area contributed by atoms with E-state index in [2.05, 4.69) is 20.2 Å². The maximum absolute atomic E-state index is 12.1. The molecule has 22 heavy (non-hydrogen) atoms. The summed E-state index contributed by atoms with van der Waals surface area (Å²) in [7, 11) is 1.67. The van der Waals surface area contributed by atoms with Gasteiger partial charge in [-0.2, -0.15) is 0 Å². The summed E-state index contributed by atoms with van der Waals surface area (Å²) < 4.78 is 7.20. The van der Waals surface area contributed by atoms with Crippen LogP contribution in [0.15, 0.2) is 42.0 Å². The van der Waals surface area contributed by atoms with Crippen LogP contribution in [-0.2, 0) is 11.3 Å². The predicted molar refractivity (Wildman–Crippen MR) is 88.6 cm³/mol. The number of fused-ring (bicyclic) bond motifs is 1. The highest BCUT2D eigenvalue weighted by Crippen LogP contribution is 2.26. The number of urea groups is 1. The first-order valence-corrected chi connectivity index (χ1v) is 7.70. The average molecular weight is 316 g/mol. The molecule has 2 heterocycles. The highest BCUT2D eigenvalue weighted by Gasteiger charge is 2.11. The summed E-state index contributed by atoms with van der Waals surface area (Å²) >= 11 is 1.38. The van der Waals surface area contributed by atoms with Crippen LogP contribution in [0.4, 0.5) is 15.6 Å². The van der Waals surface area contributed by atoms with Gasteiger partial charge in [0, 0.05) is 36.8 Å². The number of hydrogen-bond donors (Lipinski definition) is 2. The number of ether oxygens (including phenoxy) is 1. The Morgan fingerprint density at radius 2 is 2.23 bits per heavy atom. The molecule has 0 atom stereocenters. The van der Waals surface area contributed by atoms with E-state index in [9.17, 15) is 4.79 Å². The Morgan fingerprint density at radius 3 is 3.00 bits per heavy atom. The van der Waals surface area contributed by atoms with Gasteiger partial charge >= 0.3 is 6.03 Å². The zero-order chi connectivity index (χ0) is 15.4. The SMILES string of the molecule is COCCn1cc(NC(=O)Nc2nccs2)c2ccccc21. The quantitative estimate of drug-likeness (QED) is 0.758. The number of aromatic nitrogens is 2. The highest BCUT2D eigenvalue weighted by atomic mass is 32.1. The summed E-state index contributed by atoms with van der Waals surface area (Å²) in [4.78, 5) is 16.1. The largest absolute Gasteiger partial charge is 0.383 e. The van der Waals surface area contributed by atoms with Crippen molar-refractivity contribution < 1.29 is 9.53 Å². The molecule has 0 fully saturated rings. The second kappa shape index (κ2) is 6.59. The van der Waals surface area contributed by atoms with Gasteiger partial charge in [-0.05, 0) is 6.07 Å². The first-order chi connectivity index (χ1) is 10.8. The molecule has 0 aliphatic rings. The van der Waals surface area contributed by atoms with Crippen molar-refractivity contribution in [2.45, 2.75) is 6.54 Å². The molecule has 0 radical (unpaired) electrons. The summed E-state index contributed by atoms with van der Waals surface area (Å²) in [6.45, 7) is 1.34. The first-order valence-electron chi connectivity index (χ1n) is 6.82. The van der Waals surface area contributed by atoms with Gasteiger partial charge in [-0.3, -0.25) is 5.32 Å². The van der Waals surface area contributed by atoms with Crippen LogP contribution in [0, 0.1) is 0 Å². The molecule has 0 unspecified atom stereocenters. The van der Waals surface area contributed by atoms with Crippen LogP contribution in [0.3, 0.4) is 0 Å². The number of carbonyl (C=O) groups excluding carboxylic acids is 1. The predicted octanol–water partition coefficient (Wildman–Crippen LogP) is 3.39. The lowest BCUT2D eigenvalue weighted by atomic mass is 10.2. The van der Waals surface area contributed by atoms with E-state index in [0.717, 1.165) is 23.1 Å². The van der Waals surface area contributed by atoms with Crippen molar-refractivity contribution in [3.63, 3.8) is 0 Å². The van der Waals surface area contributed by atoms with Gasteiger partial charge in [0.05, 0.1) is 17.8 Å². The van der Waals surface area contributed by atoms with E-state index in [1.807, 2.05) is 35.8 Å². The van der Waals surface area contributed by atoms with Crippen molar-refractivity contribution in [1.82, 2.24) is 9.55 Å². The van der Waals surface area contributed by atoms with Gasteiger partial charge in [0.25, 0.3) is 0 Å². The third kappa shape index (κ3) is 3.10.